The fraction of sp³-hybridized carbons (Fsp3) is 0.625. The summed E-state index contributed by atoms with van der Waals surface area (Å²) in [5, 5.41) is 3.74. The molecule has 78 valence electrons. The van der Waals surface area contributed by atoms with E-state index in [0.717, 1.165) is 6.42 Å². The number of hydrogen-bond donors (Lipinski definition) is 1. The second-order valence-corrected chi connectivity index (χ2v) is 5.84. The van der Waals surface area contributed by atoms with Gasteiger partial charge >= 0.3 is 0 Å². The molecule has 1 unspecified atom stereocenters. The third-order valence-electron chi connectivity index (χ3n) is 2.43. The van der Waals surface area contributed by atoms with Gasteiger partial charge in [-0.1, -0.05) is 5.16 Å². The molecular weight excluding hydrogens is 204 g/mol. The minimum absolute atomic E-state index is 0.0465. The van der Waals surface area contributed by atoms with Crippen molar-refractivity contribution in [3.05, 3.63) is 11.8 Å². The average molecular weight is 216 g/mol. The van der Waals surface area contributed by atoms with Crippen LogP contribution in [0.25, 0.3) is 0 Å². The first-order chi connectivity index (χ1) is 6.57. The molecular formula is C8H12N2O3S. The van der Waals surface area contributed by atoms with Crippen LogP contribution in [-0.4, -0.2) is 25.1 Å². The van der Waals surface area contributed by atoms with E-state index in [2.05, 4.69) is 5.16 Å². The molecule has 2 heterocycles. The Kier molecular flexibility index (Phi) is 2.22. The topological polar surface area (TPSA) is 86.2 Å². The normalized spacial score (nSPS) is 26.1. The van der Waals surface area contributed by atoms with Gasteiger partial charge in [0.05, 0.1) is 17.2 Å². The summed E-state index contributed by atoms with van der Waals surface area (Å²) in [6.07, 6.45) is 1.53. The SMILES string of the molecule is Nc1cc(C2CCCS(=O)(=O)C2)no1. The highest BCUT2D eigenvalue weighted by molar-refractivity contribution is 7.91. The molecule has 2 rings (SSSR count). The maximum absolute atomic E-state index is 11.4. The van der Waals surface area contributed by atoms with E-state index < -0.39 is 9.84 Å². The van der Waals surface area contributed by atoms with Crippen LogP contribution in [0.2, 0.25) is 0 Å². The van der Waals surface area contributed by atoms with Crippen molar-refractivity contribution in [1.29, 1.82) is 0 Å². The Balaban J connectivity index is 2.20. The summed E-state index contributed by atoms with van der Waals surface area (Å²) in [5.74, 6) is 0.647. The van der Waals surface area contributed by atoms with Crippen molar-refractivity contribution >= 4 is 15.7 Å². The van der Waals surface area contributed by atoms with Crippen LogP contribution in [0.3, 0.4) is 0 Å². The summed E-state index contributed by atoms with van der Waals surface area (Å²) in [6, 6.07) is 1.60. The fourth-order valence-corrected chi connectivity index (χ4v) is 3.48. The third kappa shape index (κ3) is 1.89. The van der Waals surface area contributed by atoms with Gasteiger partial charge in [-0.3, -0.25) is 0 Å². The minimum Gasteiger partial charge on any atom is -0.368 e. The smallest absolute Gasteiger partial charge is 0.222 e. The van der Waals surface area contributed by atoms with Crippen molar-refractivity contribution in [1.82, 2.24) is 5.16 Å². The number of nitrogen functional groups attached to an aromatic ring is 1. The number of nitrogens with zero attached hydrogens (tertiary/aromatic N) is 1. The zero-order valence-electron chi connectivity index (χ0n) is 7.64. The van der Waals surface area contributed by atoms with E-state index in [-0.39, 0.29) is 23.3 Å². The van der Waals surface area contributed by atoms with Gasteiger partial charge in [-0.15, -0.1) is 0 Å². The van der Waals surface area contributed by atoms with Crippen LogP contribution < -0.4 is 5.73 Å². The third-order valence-corrected chi connectivity index (χ3v) is 4.25. The molecule has 1 aromatic rings. The first-order valence-electron chi connectivity index (χ1n) is 4.49. The molecule has 6 heteroatoms. The summed E-state index contributed by atoms with van der Waals surface area (Å²) in [4.78, 5) is 0. The molecule has 0 spiro atoms. The quantitative estimate of drug-likeness (QED) is 0.740. The van der Waals surface area contributed by atoms with Crippen LogP contribution in [0.1, 0.15) is 24.5 Å². The maximum Gasteiger partial charge on any atom is 0.222 e. The summed E-state index contributed by atoms with van der Waals surface area (Å²) >= 11 is 0. The second-order valence-electron chi connectivity index (χ2n) is 3.61. The minimum atomic E-state index is -2.89. The lowest BCUT2D eigenvalue weighted by Crippen LogP contribution is -2.23. The van der Waals surface area contributed by atoms with Crippen molar-refractivity contribution in [2.24, 2.45) is 0 Å². The molecule has 0 aromatic carbocycles. The molecule has 5 nitrogen and oxygen atoms in total. The van der Waals surface area contributed by atoms with E-state index in [1.54, 1.807) is 6.07 Å². The highest BCUT2D eigenvalue weighted by Gasteiger charge is 2.27. The highest BCUT2D eigenvalue weighted by Crippen LogP contribution is 2.28. The zero-order chi connectivity index (χ0) is 10.2. The molecule has 1 atom stereocenters. The molecule has 0 aliphatic carbocycles. The number of aromatic nitrogens is 1. The van der Waals surface area contributed by atoms with Gasteiger partial charge in [-0.05, 0) is 12.8 Å². The molecule has 0 saturated carbocycles. The van der Waals surface area contributed by atoms with Crippen LogP contribution in [0.15, 0.2) is 10.6 Å². The van der Waals surface area contributed by atoms with E-state index in [9.17, 15) is 8.42 Å². The van der Waals surface area contributed by atoms with E-state index in [1.165, 1.54) is 0 Å². The Bertz CT molecular complexity index is 424. The van der Waals surface area contributed by atoms with Crippen LogP contribution in [0, 0.1) is 0 Å². The van der Waals surface area contributed by atoms with Gasteiger partial charge in [-0.25, -0.2) is 8.42 Å². The number of sulfone groups is 1. The summed E-state index contributed by atoms with van der Waals surface area (Å²) in [6.45, 7) is 0. The van der Waals surface area contributed by atoms with E-state index >= 15 is 0 Å². The second kappa shape index (κ2) is 3.27. The monoisotopic (exact) mass is 216 g/mol. The first kappa shape index (κ1) is 9.51. The molecule has 14 heavy (non-hydrogen) atoms. The molecule has 1 aliphatic rings. The molecule has 2 N–H and O–H groups in total. The van der Waals surface area contributed by atoms with Crippen molar-refractivity contribution in [3.63, 3.8) is 0 Å². The molecule has 0 amide bonds. The van der Waals surface area contributed by atoms with Gasteiger partial charge < -0.3 is 10.3 Å². The molecule has 1 saturated heterocycles. The zero-order valence-corrected chi connectivity index (χ0v) is 8.46. The Morgan fingerprint density at radius 1 is 1.57 bits per heavy atom. The largest absolute Gasteiger partial charge is 0.368 e. The van der Waals surface area contributed by atoms with Gasteiger partial charge in [-0.2, -0.15) is 0 Å². The Labute approximate surface area is 82.2 Å². The Hall–Kier alpha value is -1.04. The number of anilines is 1. The number of rotatable bonds is 1. The van der Waals surface area contributed by atoms with Crippen LogP contribution in [0.4, 0.5) is 5.88 Å². The number of nitrogens with two attached hydrogens (primary N) is 1. The average Bonchev–Trinajstić information content (AvgIpc) is 2.50. The van der Waals surface area contributed by atoms with E-state index in [4.69, 9.17) is 10.3 Å². The number of hydrogen-bond acceptors (Lipinski definition) is 5. The Morgan fingerprint density at radius 3 is 2.93 bits per heavy atom. The predicted octanol–water partition coefficient (Wildman–Crippen LogP) is 0.549. The van der Waals surface area contributed by atoms with Crippen LogP contribution in [0.5, 0.6) is 0 Å². The van der Waals surface area contributed by atoms with Crippen LogP contribution >= 0.6 is 0 Å². The summed E-state index contributed by atoms with van der Waals surface area (Å²) in [7, 11) is -2.89. The lowest BCUT2D eigenvalue weighted by Gasteiger charge is -2.19. The van der Waals surface area contributed by atoms with Gasteiger partial charge in [0.25, 0.3) is 0 Å². The van der Waals surface area contributed by atoms with Gasteiger partial charge in [0.2, 0.25) is 5.88 Å². The summed E-state index contributed by atoms with van der Waals surface area (Å²) in [5.41, 5.74) is 6.03. The lowest BCUT2D eigenvalue weighted by atomic mass is 10.0. The van der Waals surface area contributed by atoms with Gasteiger partial charge in [0.15, 0.2) is 9.84 Å². The molecule has 1 aliphatic heterocycles. The van der Waals surface area contributed by atoms with Gasteiger partial charge in [0, 0.05) is 12.0 Å². The predicted molar refractivity (Wildman–Crippen MR) is 51.5 cm³/mol. The van der Waals surface area contributed by atoms with E-state index in [1.807, 2.05) is 0 Å². The molecule has 0 bridgehead atoms. The Morgan fingerprint density at radius 2 is 2.36 bits per heavy atom. The first-order valence-corrected chi connectivity index (χ1v) is 6.31. The van der Waals surface area contributed by atoms with Crippen molar-refractivity contribution in [3.8, 4) is 0 Å². The van der Waals surface area contributed by atoms with Crippen molar-refractivity contribution < 1.29 is 12.9 Å². The molecule has 1 fully saturated rings. The maximum atomic E-state index is 11.4. The lowest BCUT2D eigenvalue weighted by molar-refractivity contribution is 0.417. The highest BCUT2D eigenvalue weighted by atomic mass is 32.2. The molecule has 0 radical (unpaired) electrons. The van der Waals surface area contributed by atoms with Gasteiger partial charge in [0.1, 0.15) is 0 Å². The fourth-order valence-electron chi connectivity index (χ4n) is 1.75. The summed E-state index contributed by atoms with van der Waals surface area (Å²) < 4.78 is 27.4. The van der Waals surface area contributed by atoms with Crippen LogP contribution in [-0.2, 0) is 9.84 Å². The van der Waals surface area contributed by atoms with Crippen molar-refractivity contribution in [2.45, 2.75) is 18.8 Å². The molecule has 1 aromatic heterocycles. The van der Waals surface area contributed by atoms with Crippen molar-refractivity contribution in [2.75, 3.05) is 17.2 Å². The standard InChI is InChI=1S/C8H12N2O3S/c9-8-4-7(10-13-8)6-2-1-3-14(11,12)5-6/h4,6H,1-3,5,9H2. The van der Waals surface area contributed by atoms with E-state index in [0.29, 0.717) is 12.1 Å².